The molecule has 0 radical (unpaired) electrons. The summed E-state index contributed by atoms with van der Waals surface area (Å²) in [5.41, 5.74) is 0.442. The van der Waals surface area contributed by atoms with Crippen molar-refractivity contribution < 1.29 is 9.90 Å². The molecular weight excluding hydrogens is 202 g/mol. The third-order valence-corrected chi connectivity index (χ3v) is 4.40. The van der Waals surface area contributed by atoms with Crippen LogP contribution in [-0.4, -0.2) is 35.1 Å². The molecule has 1 heterocycles. The zero-order chi connectivity index (χ0) is 11.8. The second kappa shape index (κ2) is 4.36. The molecule has 0 amide bonds. The lowest BCUT2D eigenvalue weighted by Crippen LogP contribution is -2.50. The van der Waals surface area contributed by atoms with Gasteiger partial charge in [-0.1, -0.05) is 13.8 Å². The van der Waals surface area contributed by atoms with Gasteiger partial charge in [0.25, 0.3) is 0 Å². The van der Waals surface area contributed by atoms with Crippen LogP contribution < -0.4 is 0 Å². The average Bonchev–Trinajstić information content (AvgIpc) is 2.25. The summed E-state index contributed by atoms with van der Waals surface area (Å²) >= 11 is 0. The van der Waals surface area contributed by atoms with Crippen molar-refractivity contribution in [1.29, 1.82) is 0 Å². The molecule has 0 bridgehead atoms. The number of hydrogen-bond donors (Lipinski definition) is 1. The Morgan fingerprint density at radius 3 is 2.56 bits per heavy atom. The summed E-state index contributed by atoms with van der Waals surface area (Å²) in [6, 6.07) is 0.325. The van der Waals surface area contributed by atoms with E-state index in [2.05, 4.69) is 18.7 Å². The van der Waals surface area contributed by atoms with Gasteiger partial charge in [-0.2, -0.15) is 0 Å². The van der Waals surface area contributed by atoms with Crippen molar-refractivity contribution in [2.45, 2.75) is 52.0 Å². The van der Waals surface area contributed by atoms with E-state index in [1.807, 2.05) is 0 Å². The Balaban J connectivity index is 1.93. The van der Waals surface area contributed by atoms with Crippen molar-refractivity contribution in [2.24, 2.45) is 11.3 Å². The predicted octanol–water partition coefficient (Wildman–Crippen LogP) is 2.36. The van der Waals surface area contributed by atoms with Crippen LogP contribution in [0, 0.1) is 11.3 Å². The molecule has 1 saturated heterocycles. The minimum atomic E-state index is -0.597. The van der Waals surface area contributed by atoms with Crippen molar-refractivity contribution in [3.63, 3.8) is 0 Å². The predicted molar refractivity (Wildman–Crippen MR) is 63.4 cm³/mol. The van der Waals surface area contributed by atoms with E-state index in [-0.39, 0.29) is 5.92 Å². The Morgan fingerprint density at radius 2 is 2.00 bits per heavy atom. The fourth-order valence-electron chi connectivity index (χ4n) is 2.98. The molecule has 16 heavy (non-hydrogen) atoms. The minimum Gasteiger partial charge on any atom is -0.481 e. The monoisotopic (exact) mass is 225 g/mol. The van der Waals surface area contributed by atoms with Gasteiger partial charge in [-0.3, -0.25) is 9.69 Å². The van der Waals surface area contributed by atoms with Crippen LogP contribution in [0.15, 0.2) is 0 Å². The number of carbonyl (C=O) groups is 1. The first-order valence-corrected chi connectivity index (χ1v) is 6.46. The molecule has 0 aromatic rings. The third kappa shape index (κ3) is 2.40. The van der Waals surface area contributed by atoms with Gasteiger partial charge in [-0.25, -0.2) is 0 Å². The van der Waals surface area contributed by atoms with Crippen LogP contribution in [0.3, 0.4) is 0 Å². The second-order valence-electron chi connectivity index (χ2n) is 6.14. The molecule has 1 aliphatic heterocycles. The van der Waals surface area contributed by atoms with Crippen molar-refractivity contribution in [2.75, 3.05) is 13.1 Å². The van der Waals surface area contributed by atoms with Crippen LogP contribution >= 0.6 is 0 Å². The van der Waals surface area contributed by atoms with Crippen LogP contribution in [0.2, 0.25) is 0 Å². The van der Waals surface area contributed by atoms with E-state index in [0.717, 1.165) is 25.9 Å². The van der Waals surface area contributed by atoms with Gasteiger partial charge in [0.05, 0.1) is 5.92 Å². The molecule has 2 unspecified atom stereocenters. The standard InChI is InChI=1S/C13H23NO2/c1-13(2)6-3-8-14(9-7-13)11-5-4-10(11)12(15)16/h10-11H,3-9H2,1-2H3,(H,15,16). The molecule has 3 nitrogen and oxygen atoms in total. The Bertz CT molecular complexity index is 275. The molecule has 92 valence electrons. The van der Waals surface area contributed by atoms with Gasteiger partial charge >= 0.3 is 5.97 Å². The van der Waals surface area contributed by atoms with Gasteiger partial charge in [0, 0.05) is 6.04 Å². The highest BCUT2D eigenvalue weighted by Gasteiger charge is 2.41. The van der Waals surface area contributed by atoms with E-state index < -0.39 is 5.97 Å². The number of hydrogen-bond acceptors (Lipinski definition) is 2. The van der Waals surface area contributed by atoms with E-state index in [4.69, 9.17) is 5.11 Å². The highest BCUT2D eigenvalue weighted by molar-refractivity contribution is 5.72. The lowest BCUT2D eigenvalue weighted by atomic mass is 9.78. The first-order valence-electron chi connectivity index (χ1n) is 6.46. The number of carboxylic acid groups (broad SMARTS) is 1. The smallest absolute Gasteiger partial charge is 0.308 e. The molecule has 2 aliphatic rings. The summed E-state index contributed by atoms with van der Waals surface area (Å²) < 4.78 is 0. The summed E-state index contributed by atoms with van der Waals surface area (Å²) in [6.07, 6.45) is 5.65. The molecule has 0 spiro atoms. The Kier molecular flexibility index (Phi) is 3.24. The van der Waals surface area contributed by atoms with Gasteiger partial charge in [0.2, 0.25) is 0 Å². The van der Waals surface area contributed by atoms with Gasteiger partial charge in [-0.15, -0.1) is 0 Å². The molecule has 0 aromatic heterocycles. The number of nitrogens with zero attached hydrogens (tertiary/aromatic N) is 1. The Labute approximate surface area is 97.8 Å². The van der Waals surface area contributed by atoms with E-state index in [1.165, 1.54) is 19.3 Å². The van der Waals surface area contributed by atoms with Crippen LogP contribution in [0.4, 0.5) is 0 Å². The summed E-state index contributed by atoms with van der Waals surface area (Å²) in [6.45, 7) is 6.83. The number of carboxylic acids is 1. The largest absolute Gasteiger partial charge is 0.481 e. The second-order valence-corrected chi connectivity index (χ2v) is 6.14. The van der Waals surface area contributed by atoms with Crippen LogP contribution in [0.5, 0.6) is 0 Å². The maximum atomic E-state index is 11.0. The Hall–Kier alpha value is -0.570. The normalized spacial score (nSPS) is 35.1. The minimum absolute atomic E-state index is 0.0961. The van der Waals surface area contributed by atoms with Crippen LogP contribution in [0.1, 0.15) is 46.0 Å². The SMILES string of the molecule is CC1(C)CCCN(C2CCC2C(=O)O)CC1. The van der Waals surface area contributed by atoms with Gasteiger partial charge in [0.15, 0.2) is 0 Å². The highest BCUT2D eigenvalue weighted by Crippen LogP contribution is 2.36. The highest BCUT2D eigenvalue weighted by atomic mass is 16.4. The summed E-state index contributed by atoms with van der Waals surface area (Å²) in [4.78, 5) is 13.4. The molecular formula is C13H23NO2. The molecule has 3 heteroatoms. The number of aliphatic carboxylic acids is 1. The van der Waals surface area contributed by atoms with Gasteiger partial charge < -0.3 is 5.11 Å². The Morgan fingerprint density at radius 1 is 1.25 bits per heavy atom. The summed E-state index contributed by atoms with van der Waals surface area (Å²) in [5, 5.41) is 9.08. The van der Waals surface area contributed by atoms with Crippen molar-refractivity contribution in [1.82, 2.24) is 4.90 Å². The lowest BCUT2D eigenvalue weighted by Gasteiger charge is -2.42. The first kappa shape index (κ1) is 11.9. The molecule has 0 aromatic carbocycles. The molecule has 1 saturated carbocycles. The first-order chi connectivity index (χ1) is 7.49. The average molecular weight is 225 g/mol. The van der Waals surface area contributed by atoms with E-state index >= 15 is 0 Å². The maximum absolute atomic E-state index is 11.0. The number of rotatable bonds is 2. The molecule has 1 N–H and O–H groups in total. The van der Waals surface area contributed by atoms with Crippen LogP contribution in [-0.2, 0) is 4.79 Å². The van der Waals surface area contributed by atoms with E-state index in [1.54, 1.807) is 0 Å². The summed E-state index contributed by atoms with van der Waals surface area (Å²) in [7, 11) is 0. The summed E-state index contributed by atoms with van der Waals surface area (Å²) in [5.74, 6) is -0.694. The van der Waals surface area contributed by atoms with Gasteiger partial charge in [0.1, 0.15) is 0 Å². The quantitative estimate of drug-likeness (QED) is 0.784. The zero-order valence-corrected chi connectivity index (χ0v) is 10.4. The number of likely N-dealkylation sites (tertiary alicyclic amines) is 1. The zero-order valence-electron chi connectivity index (χ0n) is 10.4. The van der Waals surface area contributed by atoms with E-state index in [9.17, 15) is 4.79 Å². The third-order valence-electron chi connectivity index (χ3n) is 4.40. The molecule has 2 rings (SSSR count). The van der Waals surface area contributed by atoms with Crippen molar-refractivity contribution >= 4 is 5.97 Å². The van der Waals surface area contributed by atoms with Gasteiger partial charge in [-0.05, 0) is 50.6 Å². The lowest BCUT2D eigenvalue weighted by molar-refractivity contribution is -0.148. The van der Waals surface area contributed by atoms with Crippen molar-refractivity contribution in [3.05, 3.63) is 0 Å². The molecule has 2 fully saturated rings. The fraction of sp³-hybridized carbons (Fsp3) is 0.923. The van der Waals surface area contributed by atoms with Crippen molar-refractivity contribution in [3.8, 4) is 0 Å². The van der Waals surface area contributed by atoms with Crippen LogP contribution in [0.25, 0.3) is 0 Å². The van der Waals surface area contributed by atoms with E-state index in [0.29, 0.717) is 11.5 Å². The molecule has 2 atom stereocenters. The molecule has 1 aliphatic carbocycles. The fourth-order valence-corrected chi connectivity index (χ4v) is 2.98. The maximum Gasteiger partial charge on any atom is 0.308 e. The topological polar surface area (TPSA) is 40.5 Å².